The van der Waals surface area contributed by atoms with Crippen LogP contribution in [0.15, 0.2) is 24.4 Å². The molecule has 2 rings (SSSR count). The molecule has 1 aromatic carbocycles. The van der Waals surface area contributed by atoms with E-state index in [0.29, 0.717) is 11.1 Å². The molecule has 0 aliphatic rings. The standard InChI is InChI=1S/C14H15FN2O/c1-4-17-8-13(9(2)16-17)12-7-11(10(3)18)5-6-14(12)15/h5-8H,4H2,1-3H3. The van der Waals surface area contributed by atoms with Crippen molar-refractivity contribution >= 4 is 5.78 Å². The second-order valence-corrected chi connectivity index (χ2v) is 4.23. The number of aromatic nitrogens is 2. The van der Waals surface area contributed by atoms with Crippen molar-refractivity contribution in [1.29, 1.82) is 0 Å². The molecule has 0 aliphatic heterocycles. The largest absolute Gasteiger partial charge is 0.295 e. The van der Waals surface area contributed by atoms with Crippen LogP contribution in [0, 0.1) is 12.7 Å². The molecule has 18 heavy (non-hydrogen) atoms. The molecule has 0 amide bonds. The first-order valence-electron chi connectivity index (χ1n) is 5.87. The van der Waals surface area contributed by atoms with Crippen LogP contribution >= 0.6 is 0 Å². The van der Waals surface area contributed by atoms with Crippen LogP contribution in [0.25, 0.3) is 11.1 Å². The summed E-state index contributed by atoms with van der Waals surface area (Å²) in [5.41, 5.74) is 2.43. The maximum absolute atomic E-state index is 13.9. The van der Waals surface area contributed by atoms with Crippen LogP contribution < -0.4 is 0 Å². The molecule has 0 bridgehead atoms. The number of ketones is 1. The first-order valence-corrected chi connectivity index (χ1v) is 5.87. The van der Waals surface area contributed by atoms with Crippen molar-refractivity contribution in [1.82, 2.24) is 9.78 Å². The van der Waals surface area contributed by atoms with Crippen LogP contribution in [0.3, 0.4) is 0 Å². The van der Waals surface area contributed by atoms with E-state index in [1.165, 1.54) is 19.1 Å². The normalized spacial score (nSPS) is 10.7. The molecule has 0 unspecified atom stereocenters. The number of hydrogen-bond donors (Lipinski definition) is 0. The fraction of sp³-hybridized carbons (Fsp3) is 0.286. The zero-order valence-corrected chi connectivity index (χ0v) is 10.7. The highest BCUT2D eigenvalue weighted by atomic mass is 19.1. The average molecular weight is 246 g/mol. The summed E-state index contributed by atoms with van der Waals surface area (Å²) in [5.74, 6) is -0.407. The van der Waals surface area contributed by atoms with Gasteiger partial charge in [-0.05, 0) is 39.0 Å². The van der Waals surface area contributed by atoms with E-state index in [-0.39, 0.29) is 11.6 Å². The molecule has 0 radical (unpaired) electrons. The molecule has 0 fully saturated rings. The summed E-state index contributed by atoms with van der Waals surface area (Å²) in [6.45, 7) is 6.01. The number of benzene rings is 1. The number of Topliss-reactive ketones (excluding diaryl/α,β-unsaturated/α-hetero) is 1. The monoisotopic (exact) mass is 246 g/mol. The van der Waals surface area contributed by atoms with Gasteiger partial charge in [0.15, 0.2) is 5.78 Å². The van der Waals surface area contributed by atoms with E-state index in [4.69, 9.17) is 0 Å². The molecule has 2 aromatic rings. The minimum absolute atomic E-state index is 0.0724. The zero-order chi connectivity index (χ0) is 13.3. The first-order chi connectivity index (χ1) is 8.52. The van der Waals surface area contributed by atoms with Crippen molar-refractivity contribution in [3.05, 3.63) is 41.5 Å². The third-order valence-electron chi connectivity index (χ3n) is 2.93. The summed E-state index contributed by atoms with van der Waals surface area (Å²) >= 11 is 0. The van der Waals surface area contributed by atoms with Gasteiger partial charge in [-0.1, -0.05) is 0 Å². The van der Waals surface area contributed by atoms with Crippen molar-refractivity contribution in [2.45, 2.75) is 27.3 Å². The number of halogens is 1. The molecule has 4 heteroatoms. The van der Waals surface area contributed by atoms with Gasteiger partial charge < -0.3 is 0 Å². The molecule has 0 atom stereocenters. The zero-order valence-electron chi connectivity index (χ0n) is 10.7. The summed E-state index contributed by atoms with van der Waals surface area (Å²) in [6, 6.07) is 4.41. The van der Waals surface area contributed by atoms with Crippen molar-refractivity contribution < 1.29 is 9.18 Å². The van der Waals surface area contributed by atoms with E-state index in [1.807, 2.05) is 13.8 Å². The number of aryl methyl sites for hydroxylation is 2. The molecule has 0 saturated heterocycles. The quantitative estimate of drug-likeness (QED) is 0.779. The molecular weight excluding hydrogens is 231 g/mol. The number of hydrogen-bond acceptors (Lipinski definition) is 2. The van der Waals surface area contributed by atoms with Gasteiger partial charge in [-0.15, -0.1) is 0 Å². The van der Waals surface area contributed by atoms with Gasteiger partial charge in [0.25, 0.3) is 0 Å². The van der Waals surface area contributed by atoms with E-state index in [9.17, 15) is 9.18 Å². The van der Waals surface area contributed by atoms with Gasteiger partial charge in [-0.3, -0.25) is 9.48 Å². The summed E-state index contributed by atoms with van der Waals surface area (Å²) < 4.78 is 15.6. The maximum Gasteiger partial charge on any atom is 0.159 e. The molecule has 94 valence electrons. The van der Waals surface area contributed by atoms with Crippen molar-refractivity contribution in [3.8, 4) is 11.1 Å². The number of carbonyl (C=O) groups is 1. The second-order valence-electron chi connectivity index (χ2n) is 4.23. The van der Waals surface area contributed by atoms with Gasteiger partial charge in [0.2, 0.25) is 0 Å². The van der Waals surface area contributed by atoms with Gasteiger partial charge in [-0.2, -0.15) is 5.10 Å². The molecule has 1 aromatic heterocycles. The number of nitrogens with zero attached hydrogens (tertiary/aromatic N) is 2. The molecule has 0 spiro atoms. The van der Waals surface area contributed by atoms with Crippen LogP contribution in [-0.4, -0.2) is 15.6 Å². The van der Waals surface area contributed by atoms with Crippen molar-refractivity contribution in [2.24, 2.45) is 0 Å². The highest BCUT2D eigenvalue weighted by Crippen LogP contribution is 2.26. The van der Waals surface area contributed by atoms with Gasteiger partial charge in [0.05, 0.1) is 5.69 Å². The molecule has 0 N–H and O–H groups in total. The van der Waals surface area contributed by atoms with E-state index in [0.717, 1.165) is 17.8 Å². The van der Waals surface area contributed by atoms with E-state index in [2.05, 4.69) is 5.10 Å². The Morgan fingerprint density at radius 2 is 2.11 bits per heavy atom. The Hall–Kier alpha value is -1.97. The lowest BCUT2D eigenvalue weighted by Crippen LogP contribution is -1.94. The van der Waals surface area contributed by atoms with Crippen LogP contribution in [-0.2, 0) is 6.54 Å². The third-order valence-corrected chi connectivity index (χ3v) is 2.93. The van der Waals surface area contributed by atoms with Crippen LogP contribution in [0.2, 0.25) is 0 Å². The summed E-state index contributed by atoms with van der Waals surface area (Å²) in [4.78, 5) is 11.3. The predicted octanol–water partition coefficient (Wildman–Crippen LogP) is 3.22. The minimum atomic E-state index is -0.334. The molecule has 1 heterocycles. The Kier molecular flexibility index (Phi) is 3.28. The molecule has 0 aliphatic carbocycles. The lowest BCUT2D eigenvalue weighted by molar-refractivity contribution is 0.101. The van der Waals surface area contributed by atoms with Crippen LogP contribution in [0.5, 0.6) is 0 Å². The van der Waals surface area contributed by atoms with E-state index in [1.54, 1.807) is 16.9 Å². The second kappa shape index (κ2) is 4.72. The summed E-state index contributed by atoms with van der Waals surface area (Å²) in [5, 5.41) is 4.29. The van der Waals surface area contributed by atoms with Crippen molar-refractivity contribution in [2.75, 3.05) is 0 Å². The summed E-state index contributed by atoms with van der Waals surface area (Å²) in [7, 11) is 0. The topological polar surface area (TPSA) is 34.9 Å². The van der Waals surface area contributed by atoms with Crippen LogP contribution in [0.4, 0.5) is 4.39 Å². The number of rotatable bonds is 3. The number of carbonyl (C=O) groups excluding carboxylic acids is 1. The van der Waals surface area contributed by atoms with Gasteiger partial charge in [-0.25, -0.2) is 4.39 Å². The van der Waals surface area contributed by atoms with E-state index >= 15 is 0 Å². The first kappa shape index (κ1) is 12.5. The SMILES string of the molecule is CCn1cc(-c2cc(C(C)=O)ccc2F)c(C)n1. The highest BCUT2D eigenvalue weighted by Gasteiger charge is 2.13. The van der Waals surface area contributed by atoms with Gasteiger partial charge in [0, 0.05) is 29.4 Å². The average Bonchev–Trinajstić information content (AvgIpc) is 2.71. The fourth-order valence-corrected chi connectivity index (χ4v) is 1.89. The third kappa shape index (κ3) is 2.18. The van der Waals surface area contributed by atoms with Crippen molar-refractivity contribution in [3.63, 3.8) is 0 Å². The van der Waals surface area contributed by atoms with E-state index < -0.39 is 0 Å². The molecule has 3 nitrogen and oxygen atoms in total. The highest BCUT2D eigenvalue weighted by molar-refractivity contribution is 5.95. The Morgan fingerprint density at radius 3 is 2.67 bits per heavy atom. The summed E-state index contributed by atoms with van der Waals surface area (Å²) in [6.07, 6.45) is 1.80. The van der Waals surface area contributed by atoms with Crippen LogP contribution in [0.1, 0.15) is 29.9 Å². The Labute approximate surface area is 105 Å². The maximum atomic E-state index is 13.9. The Balaban J connectivity index is 2.58. The Bertz CT molecular complexity index is 602. The lowest BCUT2D eigenvalue weighted by atomic mass is 10.0. The molecule has 0 saturated carbocycles. The van der Waals surface area contributed by atoms with Gasteiger partial charge >= 0.3 is 0 Å². The van der Waals surface area contributed by atoms with Gasteiger partial charge in [0.1, 0.15) is 5.82 Å². The smallest absolute Gasteiger partial charge is 0.159 e. The predicted molar refractivity (Wildman–Crippen MR) is 68.0 cm³/mol. The fourth-order valence-electron chi connectivity index (χ4n) is 1.89. The Morgan fingerprint density at radius 1 is 1.39 bits per heavy atom. The minimum Gasteiger partial charge on any atom is -0.295 e. The lowest BCUT2D eigenvalue weighted by Gasteiger charge is -2.03. The molecular formula is C14H15FN2O.